The number of carbonyl (C=O) groups excluding carboxylic acids is 1. The summed E-state index contributed by atoms with van der Waals surface area (Å²) in [4.78, 5) is 19.9. The first-order valence-corrected chi connectivity index (χ1v) is 9.13. The van der Waals surface area contributed by atoms with Crippen LogP contribution < -0.4 is 15.5 Å². The number of anilines is 1. The fourth-order valence-corrected chi connectivity index (χ4v) is 2.89. The van der Waals surface area contributed by atoms with E-state index in [1.54, 1.807) is 26.2 Å². The third kappa shape index (κ3) is 7.90. The van der Waals surface area contributed by atoms with Gasteiger partial charge in [-0.25, -0.2) is 9.38 Å². The molecule has 1 unspecified atom stereocenters. The minimum atomic E-state index is -0.219. The fourth-order valence-electron chi connectivity index (χ4n) is 2.89. The number of amides is 1. The van der Waals surface area contributed by atoms with Gasteiger partial charge in [-0.1, -0.05) is 6.07 Å². The first kappa shape index (κ1) is 23.5. The maximum atomic E-state index is 13.5. The van der Waals surface area contributed by atoms with Crippen LogP contribution in [0.3, 0.4) is 0 Å². The van der Waals surface area contributed by atoms with E-state index < -0.39 is 0 Å². The maximum Gasteiger partial charge on any atom is 0.243 e. The van der Waals surface area contributed by atoms with E-state index in [9.17, 15) is 9.18 Å². The summed E-state index contributed by atoms with van der Waals surface area (Å²) in [6, 6.07) is 7.09. The quantitative estimate of drug-likeness (QED) is 0.378. The van der Waals surface area contributed by atoms with Gasteiger partial charge in [0.1, 0.15) is 12.4 Å². The van der Waals surface area contributed by atoms with E-state index in [0.717, 1.165) is 31.6 Å². The lowest BCUT2D eigenvalue weighted by Crippen LogP contribution is -2.52. The van der Waals surface area contributed by atoms with Crippen molar-refractivity contribution in [3.05, 3.63) is 30.1 Å². The van der Waals surface area contributed by atoms with Crippen molar-refractivity contribution in [2.24, 2.45) is 4.99 Å². The van der Waals surface area contributed by atoms with Crippen LogP contribution in [0, 0.1) is 5.82 Å². The average molecular weight is 491 g/mol. The van der Waals surface area contributed by atoms with Crippen molar-refractivity contribution in [2.75, 3.05) is 38.6 Å². The lowest BCUT2D eigenvalue weighted by atomic mass is 10.0. The molecular formula is C19H31FIN5O. The molecule has 1 aromatic carbocycles. The maximum absolute atomic E-state index is 13.5. The van der Waals surface area contributed by atoms with Crippen molar-refractivity contribution in [3.8, 4) is 0 Å². The van der Waals surface area contributed by atoms with Gasteiger partial charge in [-0.05, 0) is 44.9 Å². The number of nitrogens with zero attached hydrogens (tertiary/aromatic N) is 3. The summed E-state index contributed by atoms with van der Waals surface area (Å²) < 4.78 is 13.5. The number of benzene rings is 1. The van der Waals surface area contributed by atoms with Crippen LogP contribution in [-0.2, 0) is 4.79 Å². The molecule has 8 heteroatoms. The second-order valence-corrected chi connectivity index (χ2v) is 7.16. The van der Waals surface area contributed by atoms with Crippen LogP contribution in [0.4, 0.5) is 10.1 Å². The first-order chi connectivity index (χ1) is 12.3. The predicted molar refractivity (Wildman–Crippen MR) is 119 cm³/mol. The van der Waals surface area contributed by atoms with Gasteiger partial charge < -0.3 is 20.4 Å². The molecule has 0 aliphatic carbocycles. The third-order valence-corrected chi connectivity index (χ3v) is 4.23. The highest BCUT2D eigenvalue weighted by atomic mass is 127. The van der Waals surface area contributed by atoms with Crippen LogP contribution >= 0.6 is 24.0 Å². The monoisotopic (exact) mass is 491 g/mol. The highest BCUT2D eigenvalue weighted by molar-refractivity contribution is 14.0. The molecule has 2 N–H and O–H groups in total. The summed E-state index contributed by atoms with van der Waals surface area (Å²) in [5.41, 5.74) is 0.898. The molecule has 0 spiro atoms. The van der Waals surface area contributed by atoms with E-state index in [2.05, 4.69) is 20.5 Å². The third-order valence-electron chi connectivity index (χ3n) is 4.23. The number of aliphatic imine (C=N–C) groups is 1. The van der Waals surface area contributed by atoms with E-state index in [4.69, 9.17) is 0 Å². The lowest BCUT2D eigenvalue weighted by molar-refractivity contribution is -0.127. The highest BCUT2D eigenvalue weighted by Crippen LogP contribution is 2.20. The smallest absolute Gasteiger partial charge is 0.243 e. The Morgan fingerprint density at radius 2 is 2.15 bits per heavy atom. The topological polar surface area (TPSA) is 60.0 Å². The zero-order valence-electron chi connectivity index (χ0n) is 16.5. The standard InChI is InChI=1S/C19H30FN5O.HI/c1-14(2)22-19(21-12-18(26)24(3)4)23-16-8-6-10-25(13-16)17-9-5-7-15(20)11-17;/h5,7,9,11,14,16H,6,8,10,12-13H2,1-4H3,(H2,21,22,23);1H. The van der Waals surface area contributed by atoms with Crippen molar-refractivity contribution >= 4 is 41.5 Å². The normalized spacial score (nSPS) is 17.3. The van der Waals surface area contributed by atoms with Gasteiger partial charge >= 0.3 is 0 Å². The molecule has 1 aliphatic rings. The second-order valence-electron chi connectivity index (χ2n) is 7.16. The summed E-state index contributed by atoms with van der Waals surface area (Å²) in [5.74, 6) is 0.379. The molecule has 27 heavy (non-hydrogen) atoms. The summed E-state index contributed by atoms with van der Waals surface area (Å²) in [7, 11) is 3.44. The van der Waals surface area contributed by atoms with Crippen LogP contribution in [0.1, 0.15) is 26.7 Å². The molecule has 2 rings (SSSR count). The van der Waals surface area contributed by atoms with Gasteiger partial charge in [0, 0.05) is 45.0 Å². The Kier molecular flexibility index (Phi) is 9.82. The van der Waals surface area contributed by atoms with Gasteiger partial charge in [0.15, 0.2) is 5.96 Å². The molecule has 1 saturated heterocycles. The number of nitrogens with one attached hydrogen (secondary N) is 2. The Hall–Kier alpha value is -1.58. The minimum absolute atomic E-state index is 0. The van der Waals surface area contributed by atoms with Gasteiger partial charge in [-0.15, -0.1) is 24.0 Å². The molecule has 1 atom stereocenters. The number of piperidine rings is 1. The molecule has 0 bridgehead atoms. The Balaban J connectivity index is 0.00000364. The molecular weight excluding hydrogens is 460 g/mol. The van der Waals surface area contributed by atoms with Crippen LogP contribution in [0.25, 0.3) is 0 Å². The molecule has 1 fully saturated rings. The first-order valence-electron chi connectivity index (χ1n) is 9.13. The zero-order valence-corrected chi connectivity index (χ0v) is 18.9. The summed E-state index contributed by atoms with van der Waals surface area (Å²) in [5, 5.41) is 6.70. The lowest BCUT2D eigenvalue weighted by Gasteiger charge is -2.35. The molecule has 0 aromatic heterocycles. The van der Waals surface area contributed by atoms with Gasteiger partial charge in [-0.3, -0.25) is 4.79 Å². The van der Waals surface area contributed by atoms with Crippen molar-refractivity contribution in [1.29, 1.82) is 0 Å². The summed E-state index contributed by atoms with van der Waals surface area (Å²) in [6.07, 6.45) is 2.02. The van der Waals surface area contributed by atoms with E-state index in [0.29, 0.717) is 5.96 Å². The molecule has 6 nitrogen and oxygen atoms in total. The number of rotatable bonds is 5. The Morgan fingerprint density at radius 1 is 1.41 bits per heavy atom. The number of carbonyl (C=O) groups is 1. The van der Waals surface area contributed by atoms with Crippen molar-refractivity contribution in [1.82, 2.24) is 15.5 Å². The van der Waals surface area contributed by atoms with E-state index in [1.165, 1.54) is 11.0 Å². The molecule has 152 valence electrons. The number of halogens is 2. The second kappa shape index (κ2) is 11.3. The van der Waals surface area contributed by atoms with Crippen LogP contribution in [0.2, 0.25) is 0 Å². The molecule has 0 radical (unpaired) electrons. The molecule has 0 saturated carbocycles. The van der Waals surface area contributed by atoms with Gasteiger partial charge in [0.2, 0.25) is 5.91 Å². The number of hydrogen-bond donors (Lipinski definition) is 2. The Labute approximate surface area is 178 Å². The zero-order chi connectivity index (χ0) is 19.1. The highest BCUT2D eigenvalue weighted by Gasteiger charge is 2.21. The Morgan fingerprint density at radius 3 is 2.78 bits per heavy atom. The van der Waals surface area contributed by atoms with Gasteiger partial charge in [0.25, 0.3) is 0 Å². The Bertz CT molecular complexity index is 638. The minimum Gasteiger partial charge on any atom is -0.369 e. The largest absolute Gasteiger partial charge is 0.369 e. The molecule has 1 heterocycles. The average Bonchev–Trinajstić information content (AvgIpc) is 2.59. The summed E-state index contributed by atoms with van der Waals surface area (Å²) in [6.45, 7) is 5.85. The fraction of sp³-hybridized carbons (Fsp3) is 0.579. The van der Waals surface area contributed by atoms with Crippen LogP contribution in [0.5, 0.6) is 0 Å². The van der Waals surface area contributed by atoms with Crippen LogP contribution in [-0.4, -0.2) is 62.6 Å². The molecule has 1 aromatic rings. The van der Waals surface area contributed by atoms with E-state index >= 15 is 0 Å². The number of hydrogen-bond acceptors (Lipinski definition) is 3. The van der Waals surface area contributed by atoms with Crippen molar-refractivity contribution in [2.45, 2.75) is 38.8 Å². The van der Waals surface area contributed by atoms with Crippen molar-refractivity contribution < 1.29 is 9.18 Å². The number of likely N-dealkylation sites (N-methyl/N-ethyl adjacent to an activating group) is 1. The SMILES string of the molecule is CC(C)NC(=NCC(=O)N(C)C)NC1CCCN(c2cccc(F)c2)C1.I. The summed E-state index contributed by atoms with van der Waals surface area (Å²) >= 11 is 0. The molecule has 1 aliphatic heterocycles. The van der Waals surface area contributed by atoms with Crippen LogP contribution in [0.15, 0.2) is 29.3 Å². The van der Waals surface area contributed by atoms with E-state index in [-0.39, 0.29) is 54.3 Å². The van der Waals surface area contributed by atoms with Gasteiger partial charge in [0.05, 0.1) is 0 Å². The molecule has 1 amide bonds. The van der Waals surface area contributed by atoms with Gasteiger partial charge in [-0.2, -0.15) is 0 Å². The predicted octanol–water partition coefficient (Wildman–Crippen LogP) is 2.44. The number of guanidine groups is 1. The van der Waals surface area contributed by atoms with Crippen molar-refractivity contribution in [3.63, 3.8) is 0 Å². The van der Waals surface area contributed by atoms with E-state index in [1.807, 2.05) is 19.9 Å².